The average Bonchev–Trinajstić information content (AvgIpc) is 2.95. The maximum Gasteiger partial charge on any atom is 0.255 e. The zero-order valence-electron chi connectivity index (χ0n) is 14.6. The van der Waals surface area contributed by atoms with Gasteiger partial charge < -0.3 is 14.8 Å². The van der Waals surface area contributed by atoms with Gasteiger partial charge in [0.25, 0.3) is 5.91 Å². The predicted molar refractivity (Wildman–Crippen MR) is 107 cm³/mol. The molecule has 1 N–H and O–H groups in total. The van der Waals surface area contributed by atoms with Crippen molar-refractivity contribution in [2.24, 2.45) is 0 Å². The topological polar surface area (TPSA) is 60.5 Å². The molecule has 0 aliphatic carbocycles. The molecule has 0 unspecified atom stereocenters. The number of aromatic nitrogens is 1. The van der Waals surface area contributed by atoms with Crippen molar-refractivity contribution in [3.63, 3.8) is 0 Å². The van der Waals surface area contributed by atoms with Crippen molar-refractivity contribution in [2.45, 2.75) is 13.3 Å². The fraction of sp³-hybridized carbons (Fsp3) is 0.200. The number of amides is 1. The number of carbonyl (C=O) groups excluding carboxylic acids is 1. The standard InChI is InChI=1S/C20H17ClN2O3S/c1-12-22-17(11-27-12)13-3-5-15(6-4-13)23-20(24)14-9-16(21)19-18(10-14)25-7-2-8-26-19/h3-6,9-11H,2,7-8H2,1H3,(H,23,24). The number of thiazole rings is 1. The van der Waals surface area contributed by atoms with Gasteiger partial charge in [-0.1, -0.05) is 23.7 Å². The summed E-state index contributed by atoms with van der Waals surface area (Å²) in [5.41, 5.74) is 3.06. The van der Waals surface area contributed by atoms with Crippen LogP contribution >= 0.6 is 22.9 Å². The molecular weight excluding hydrogens is 384 g/mol. The molecule has 5 nitrogen and oxygen atoms in total. The second-order valence-corrected chi connectivity index (χ2v) is 7.59. The predicted octanol–water partition coefficient (Wildman–Crippen LogP) is 5.19. The van der Waals surface area contributed by atoms with Gasteiger partial charge in [-0.3, -0.25) is 4.79 Å². The normalized spacial score (nSPS) is 13.1. The number of rotatable bonds is 3. The molecule has 1 aromatic heterocycles. The monoisotopic (exact) mass is 400 g/mol. The molecule has 7 heteroatoms. The third-order valence-electron chi connectivity index (χ3n) is 4.12. The van der Waals surface area contributed by atoms with Crippen LogP contribution in [-0.4, -0.2) is 24.1 Å². The number of benzene rings is 2. The van der Waals surface area contributed by atoms with Crippen molar-refractivity contribution in [1.82, 2.24) is 4.98 Å². The summed E-state index contributed by atoms with van der Waals surface area (Å²) in [6.07, 6.45) is 0.775. The fourth-order valence-electron chi connectivity index (χ4n) is 2.79. The lowest BCUT2D eigenvalue weighted by Crippen LogP contribution is -2.12. The van der Waals surface area contributed by atoms with Crippen molar-refractivity contribution in [2.75, 3.05) is 18.5 Å². The van der Waals surface area contributed by atoms with E-state index < -0.39 is 0 Å². The number of aryl methyl sites for hydroxylation is 1. The Morgan fingerprint density at radius 1 is 1.19 bits per heavy atom. The van der Waals surface area contributed by atoms with Crippen molar-refractivity contribution >= 4 is 34.5 Å². The van der Waals surface area contributed by atoms with Crippen molar-refractivity contribution < 1.29 is 14.3 Å². The highest BCUT2D eigenvalue weighted by atomic mass is 35.5. The molecule has 0 saturated heterocycles. The Balaban J connectivity index is 1.52. The molecule has 2 aromatic carbocycles. The Hall–Kier alpha value is -2.57. The molecule has 1 amide bonds. The number of ether oxygens (including phenoxy) is 2. The summed E-state index contributed by atoms with van der Waals surface area (Å²) >= 11 is 7.88. The van der Waals surface area contributed by atoms with Gasteiger partial charge in [-0.15, -0.1) is 11.3 Å². The van der Waals surface area contributed by atoms with Crippen LogP contribution in [0, 0.1) is 6.92 Å². The van der Waals surface area contributed by atoms with Crippen molar-refractivity contribution in [3.05, 3.63) is 57.4 Å². The Morgan fingerprint density at radius 3 is 2.70 bits per heavy atom. The van der Waals surface area contributed by atoms with Gasteiger partial charge in [-0.25, -0.2) is 4.98 Å². The summed E-state index contributed by atoms with van der Waals surface area (Å²) in [5, 5.41) is 6.29. The molecule has 3 aromatic rings. The number of anilines is 1. The molecule has 0 fully saturated rings. The zero-order chi connectivity index (χ0) is 18.8. The van der Waals surface area contributed by atoms with Crippen LogP contribution in [-0.2, 0) is 0 Å². The van der Waals surface area contributed by atoms with Gasteiger partial charge in [0.05, 0.1) is 28.9 Å². The van der Waals surface area contributed by atoms with Crippen molar-refractivity contribution in [1.29, 1.82) is 0 Å². The molecule has 0 atom stereocenters. The van der Waals surface area contributed by atoms with E-state index in [0.717, 1.165) is 22.7 Å². The van der Waals surface area contributed by atoms with Crippen LogP contribution in [0.15, 0.2) is 41.8 Å². The van der Waals surface area contributed by atoms with Crippen LogP contribution in [0.2, 0.25) is 5.02 Å². The van der Waals surface area contributed by atoms with Gasteiger partial charge in [0.15, 0.2) is 11.5 Å². The van der Waals surface area contributed by atoms with Gasteiger partial charge in [-0.2, -0.15) is 0 Å². The Labute approximate surface area is 165 Å². The summed E-state index contributed by atoms with van der Waals surface area (Å²) in [4.78, 5) is 17.1. The van der Waals surface area contributed by atoms with Gasteiger partial charge in [-0.05, 0) is 31.2 Å². The van der Waals surface area contributed by atoms with Crippen molar-refractivity contribution in [3.8, 4) is 22.8 Å². The zero-order valence-corrected chi connectivity index (χ0v) is 16.2. The largest absolute Gasteiger partial charge is 0.489 e. The highest BCUT2D eigenvalue weighted by molar-refractivity contribution is 7.09. The molecule has 0 spiro atoms. The maximum absolute atomic E-state index is 12.6. The van der Waals surface area contributed by atoms with E-state index in [1.54, 1.807) is 23.5 Å². The first-order chi connectivity index (χ1) is 13.1. The Bertz CT molecular complexity index is 985. The second-order valence-electron chi connectivity index (χ2n) is 6.12. The fourth-order valence-corrected chi connectivity index (χ4v) is 3.67. The average molecular weight is 401 g/mol. The van der Waals surface area contributed by atoms with E-state index in [-0.39, 0.29) is 5.91 Å². The molecule has 0 bridgehead atoms. The van der Waals surface area contributed by atoms with Crippen LogP contribution in [0.3, 0.4) is 0 Å². The highest BCUT2D eigenvalue weighted by Crippen LogP contribution is 2.38. The summed E-state index contributed by atoms with van der Waals surface area (Å²) in [6.45, 7) is 3.05. The molecule has 27 heavy (non-hydrogen) atoms. The molecular formula is C20H17ClN2O3S. The molecule has 0 radical (unpaired) electrons. The molecule has 4 rings (SSSR count). The van der Waals surface area contributed by atoms with E-state index in [2.05, 4.69) is 10.3 Å². The van der Waals surface area contributed by atoms with Gasteiger partial charge in [0.2, 0.25) is 0 Å². The summed E-state index contributed by atoms with van der Waals surface area (Å²) in [6, 6.07) is 10.8. The van der Waals surface area contributed by atoms with Crippen LogP contribution in [0.1, 0.15) is 21.8 Å². The summed E-state index contributed by atoms with van der Waals surface area (Å²) in [7, 11) is 0. The minimum absolute atomic E-state index is 0.259. The van der Waals surface area contributed by atoms with Gasteiger partial charge in [0.1, 0.15) is 0 Å². The smallest absolute Gasteiger partial charge is 0.255 e. The van der Waals surface area contributed by atoms with Crippen LogP contribution in [0.25, 0.3) is 11.3 Å². The summed E-state index contributed by atoms with van der Waals surface area (Å²) < 4.78 is 11.2. The van der Waals surface area contributed by atoms with Crippen LogP contribution in [0.5, 0.6) is 11.5 Å². The van der Waals surface area contributed by atoms with E-state index in [9.17, 15) is 4.79 Å². The third-order valence-corrected chi connectivity index (χ3v) is 5.18. The van der Waals surface area contributed by atoms with E-state index in [0.29, 0.717) is 41.0 Å². The molecule has 2 heterocycles. The molecule has 138 valence electrons. The maximum atomic E-state index is 12.6. The number of nitrogens with zero attached hydrogens (tertiary/aromatic N) is 1. The Kier molecular flexibility index (Phi) is 5.01. The van der Waals surface area contributed by atoms with Gasteiger partial charge >= 0.3 is 0 Å². The van der Waals surface area contributed by atoms with Crippen LogP contribution < -0.4 is 14.8 Å². The Morgan fingerprint density at radius 2 is 1.96 bits per heavy atom. The first-order valence-electron chi connectivity index (χ1n) is 8.53. The highest BCUT2D eigenvalue weighted by Gasteiger charge is 2.18. The SMILES string of the molecule is Cc1nc(-c2ccc(NC(=O)c3cc(Cl)c4c(c3)OCCCO4)cc2)cs1. The number of carbonyl (C=O) groups is 1. The van der Waals surface area contributed by atoms with Gasteiger partial charge in [0, 0.05) is 28.6 Å². The second kappa shape index (κ2) is 7.58. The minimum Gasteiger partial charge on any atom is -0.489 e. The number of halogens is 1. The minimum atomic E-state index is -0.259. The summed E-state index contributed by atoms with van der Waals surface area (Å²) in [5.74, 6) is 0.734. The number of hydrogen-bond acceptors (Lipinski definition) is 5. The third kappa shape index (κ3) is 3.91. The van der Waals surface area contributed by atoms with E-state index >= 15 is 0 Å². The van der Waals surface area contributed by atoms with E-state index in [1.165, 1.54) is 0 Å². The van der Waals surface area contributed by atoms with E-state index in [1.807, 2.05) is 36.6 Å². The lowest BCUT2D eigenvalue weighted by Gasteiger charge is -2.12. The first kappa shape index (κ1) is 17.8. The molecule has 1 aliphatic heterocycles. The number of hydrogen-bond donors (Lipinski definition) is 1. The van der Waals surface area contributed by atoms with Crippen LogP contribution in [0.4, 0.5) is 5.69 Å². The lowest BCUT2D eigenvalue weighted by molar-refractivity contribution is 0.102. The quantitative estimate of drug-likeness (QED) is 0.657. The number of nitrogens with one attached hydrogen (secondary N) is 1. The first-order valence-corrected chi connectivity index (χ1v) is 9.79. The lowest BCUT2D eigenvalue weighted by atomic mass is 10.1. The molecule has 1 aliphatic rings. The van der Waals surface area contributed by atoms with E-state index in [4.69, 9.17) is 21.1 Å². The molecule has 0 saturated carbocycles. The number of fused-ring (bicyclic) bond motifs is 1.